The number of para-hydroxylation sites is 1. The van der Waals surface area contributed by atoms with Crippen LogP contribution in [0.15, 0.2) is 114 Å². The van der Waals surface area contributed by atoms with Crippen LogP contribution in [0.2, 0.25) is 10.0 Å². The molecule has 0 radical (unpaired) electrons. The Balaban J connectivity index is 1.78. The molecule has 0 saturated heterocycles. The molecule has 230 valence electrons. The number of hydrogen-bond donors (Lipinski definition) is 1. The summed E-state index contributed by atoms with van der Waals surface area (Å²) >= 11 is 12.6. The fourth-order valence-electron chi connectivity index (χ4n) is 4.73. The van der Waals surface area contributed by atoms with Gasteiger partial charge in [-0.3, -0.25) is 13.9 Å². The first-order valence-corrected chi connectivity index (χ1v) is 16.6. The molecule has 10 heteroatoms. The topological polar surface area (TPSA) is 86.8 Å². The van der Waals surface area contributed by atoms with Crippen LogP contribution in [0.5, 0.6) is 0 Å². The number of hydrogen-bond acceptors (Lipinski definition) is 4. The smallest absolute Gasteiger partial charge is 0.264 e. The van der Waals surface area contributed by atoms with Crippen molar-refractivity contribution in [1.29, 1.82) is 0 Å². The normalized spacial score (nSPS) is 11.9. The largest absolute Gasteiger partial charge is 0.354 e. The van der Waals surface area contributed by atoms with E-state index >= 15 is 0 Å². The molecular weight excluding hydrogens is 617 g/mol. The van der Waals surface area contributed by atoms with Crippen molar-refractivity contribution in [2.45, 2.75) is 43.7 Å². The summed E-state index contributed by atoms with van der Waals surface area (Å²) in [6.45, 7) is 1.96. The number of unbranched alkanes of at least 4 members (excludes halogenated alkanes) is 1. The van der Waals surface area contributed by atoms with E-state index in [1.54, 1.807) is 66.7 Å². The van der Waals surface area contributed by atoms with E-state index in [1.807, 2.05) is 37.3 Å². The zero-order valence-corrected chi connectivity index (χ0v) is 26.7. The highest BCUT2D eigenvalue weighted by molar-refractivity contribution is 7.92. The van der Waals surface area contributed by atoms with Gasteiger partial charge in [0.25, 0.3) is 10.0 Å². The molecule has 4 rings (SSSR count). The first-order valence-electron chi connectivity index (χ1n) is 14.4. The summed E-state index contributed by atoms with van der Waals surface area (Å²) in [6, 6.07) is 29.8. The molecule has 1 atom stereocenters. The fourth-order valence-corrected chi connectivity index (χ4v) is 6.60. The Morgan fingerprint density at radius 3 is 2.05 bits per heavy atom. The van der Waals surface area contributed by atoms with Crippen molar-refractivity contribution in [2.24, 2.45) is 0 Å². The molecule has 7 nitrogen and oxygen atoms in total. The number of carbonyl (C=O) groups is 2. The van der Waals surface area contributed by atoms with Crippen LogP contribution in [0.1, 0.15) is 30.9 Å². The number of benzene rings is 4. The zero-order chi connectivity index (χ0) is 31.5. The van der Waals surface area contributed by atoms with Gasteiger partial charge in [-0.05, 0) is 53.9 Å². The molecule has 0 fully saturated rings. The highest BCUT2D eigenvalue weighted by Crippen LogP contribution is 2.31. The molecule has 0 spiro atoms. The number of sulfonamides is 1. The zero-order valence-electron chi connectivity index (χ0n) is 24.4. The van der Waals surface area contributed by atoms with Gasteiger partial charge in [-0.25, -0.2) is 8.42 Å². The highest BCUT2D eigenvalue weighted by Gasteiger charge is 2.35. The van der Waals surface area contributed by atoms with Crippen LogP contribution in [0.25, 0.3) is 0 Å². The molecule has 0 aliphatic rings. The van der Waals surface area contributed by atoms with E-state index in [2.05, 4.69) is 5.32 Å². The second kappa shape index (κ2) is 15.7. The van der Waals surface area contributed by atoms with Gasteiger partial charge in [0.15, 0.2) is 0 Å². The number of anilines is 1. The van der Waals surface area contributed by atoms with E-state index in [0.717, 1.165) is 28.3 Å². The molecule has 44 heavy (non-hydrogen) atoms. The van der Waals surface area contributed by atoms with Gasteiger partial charge in [-0.2, -0.15) is 0 Å². The predicted molar refractivity (Wildman–Crippen MR) is 176 cm³/mol. The number of nitrogens with zero attached hydrogens (tertiary/aromatic N) is 2. The first-order chi connectivity index (χ1) is 21.2. The monoisotopic (exact) mass is 651 g/mol. The van der Waals surface area contributed by atoms with Gasteiger partial charge >= 0.3 is 0 Å². The Morgan fingerprint density at radius 1 is 0.795 bits per heavy atom. The van der Waals surface area contributed by atoms with Gasteiger partial charge in [0, 0.05) is 24.5 Å². The van der Waals surface area contributed by atoms with Crippen molar-refractivity contribution in [2.75, 3.05) is 17.4 Å². The van der Waals surface area contributed by atoms with Crippen LogP contribution in [0.3, 0.4) is 0 Å². The van der Waals surface area contributed by atoms with Crippen LogP contribution in [0, 0.1) is 0 Å². The van der Waals surface area contributed by atoms with E-state index in [1.165, 1.54) is 17.0 Å². The minimum Gasteiger partial charge on any atom is -0.354 e. The third kappa shape index (κ3) is 8.62. The Bertz CT molecular complexity index is 1640. The SMILES string of the molecule is CCCCNC(=O)C(Cc1ccccc1)N(Cc1ccc(Cl)cc1)C(=O)CN(c1ccccc1Cl)S(=O)(=O)c1ccccc1. The van der Waals surface area contributed by atoms with Crippen LogP contribution in [-0.4, -0.2) is 44.3 Å². The summed E-state index contributed by atoms with van der Waals surface area (Å²) in [5.74, 6) is -0.884. The lowest BCUT2D eigenvalue weighted by Gasteiger charge is -2.34. The molecule has 0 aliphatic heterocycles. The standard InChI is InChI=1S/C34H35Cl2N3O4S/c1-2-3-22-37-34(41)32(23-26-12-6-4-7-13-26)38(24-27-18-20-28(35)21-19-27)33(40)25-39(31-17-11-10-16-30(31)36)44(42,43)29-14-8-5-9-15-29/h4-21,32H,2-3,22-25H2,1H3,(H,37,41). The molecule has 1 N–H and O–H groups in total. The van der Waals surface area contributed by atoms with E-state index in [-0.39, 0.29) is 34.5 Å². The number of rotatable bonds is 14. The lowest BCUT2D eigenvalue weighted by atomic mass is 10.0. The second-order valence-electron chi connectivity index (χ2n) is 10.3. The Kier molecular flexibility index (Phi) is 11.8. The van der Waals surface area contributed by atoms with Crippen LogP contribution in [-0.2, 0) is 32.6 Å². The highest BCUT2D eigenvalue weighted by atomic mass is 35.5. The van der Waals surface area contributed by atoms with Gasteiger partial charge in [0.05, 0.1) is 15.6 Å². The Morgan fingerprint density at radius 2 is 1.41 bits per heavy atom. The van der Waals surface area contributed by atoms with Crippen LogP contribution in [0.4, 0.5) is 5.69 Å². The average molecular weight is 653 g/mol. The quantitative estimate of drug-likeness (QED) is 0.153. The average Bonchev–Trinajstić information content (AvgIpc) is 3.03. The van der Waals surface area contributed by atoms with E-state index in [4.69, 9.17) is 23.2 Å². The van der Waals surface area contributed by atoms with Gasteiger partial charge < -0.3 is 10.2 Å². The fraction of sp³-hybridized carbons (Fsp3) is 0.235. The molecular formula is C34H35Cl2N3O4S. The Labute approximate surface area is 269 Å². The predicted octanol–water partition coefficient (Wildman–Crippen LogP) is 6.75. The summed E-state index contributed by atoms with van der Waals surface area (Å²) in [5, 5.41) is 3.68. The number of halogens is 2. The summed E-state index contributed by atoms with van der Waals surface area (Å²) in [5.41, 5.74) is 1.75. The number of carbonyl (C=O) groups excluding carboxylic acids is 2. The van der Waals surface area contributed by atoms with Crippen molar-refractivity contribution >= 4 is 50.7 Å². The van der Waals surface area contributed by atoms with Crippen molar-refractivity contribution in [1.82, 2.24) is 10.2 Å². The molecule has 1 unspecified atom stereocenters. The minimum atomic E-state index is -4.22. The molecule has 0 bridgehead atoms. The van der Waals surface area contributed by atoms with E-state index in [9.17, 15) is 18.0 Å². The number of nitrogens with one attached hydrogen (secondary N) is 1. The van der Waals surface area contributed by atoms with E-state index < -0.39 is 28.5 Å². The van der Waals surface area contributed by atoms with Crippen molar-refractivity contribution < 1.29 is 18.0 Å². The van der Waals surface area contributed by atoms with Gasteiger partial charge in [-0.1, -0.05) is 109 Å². The van der Waals surface area contributed by atoms with Gasteiger partial charge in [0.2, 0.25) is 11.8 Å². The second-order valence-corrected chi connectivity index (χ2v) is 13.0. The third-order valence-corrected chi connectivity index (χ3v) is 9.44. The lowest BCUT2D eigenvalue weighted by molar-refractivity contribution is -0.140. The molecule has 0 aromatic heterocycles. The molecule has 4 aromatic rings. The lowest BCUT2D eigenvalue weighted by Crippen LogP contribution is -2.53. The van der Waals surface area contributed by atoms with Gasteiger partial charge in [-0.15, -0.1) is 0 Å². The third-order valence-electron chi connectivity index (χ3n) is 7.10. The van der Waals surface area contributed by atoms with Crippen molar-refractivity contribution in [3.05, 3.63) is 130 Å². The molecule has 0 aliphatic carbocycles. The summed E-state index contributed by atoms with van der Waals surface area (Å²) in [6.07, 6.45) is 1.90. The van der Waals surface area contributed by atoms with Crippen LogP contribution < -0.4 is 9.62 Å². The molecule has 0 heterocycles. The Hall–Kier alpha value is -3.85. The minimum absolute atomic E-state index is 0.00937. The molecule has 0 saturated carbocycles. The summed E-state index contributed by atoms with van der Waals surface area (Å²) < 4.78 is 29.0. The maximum atomic E-state index is 14.4. The molecule has 2 amide bonds. The maximum absolute atomic E-state index is 14.4. The summed E-state index contributed by atoms with van der Waals surface area (Å²) in [4.78, 5) is 29.6. The van der Waals surface area contributed by atoms with E-state index in [0.29, 0.717) is 11.6 Å². The number of amides is 2. The van der Waals surface area contributed by atoms with Crippen molar-refractivity contribution in [3.63, 3.8) is 0 Å². The van der Waals surface area contributed by atoms with Crippen LogP contribution >= 0.6 is 23.2 Å². The first kappa shape index (κ1) is 33.1. The molecule has 4 aromatic carbocycles. The van der Waals surface area contributed by atoms with Crippen molar-refractivity contribution in [3.8, 4) is 0 Å². The maximum Gasteiger partial charge on any atom is 0.264 e. The van der Waals surface area contributed by atoms with Gasteiger partial charge in [0.1, 0.15) is 12.6 Å². The summed E-state index contributed by atoms with van der Waals surface area (Å²) in [7, 11) is -4.22.